The van der Waals surface area contributed by atoms with E-state index in [0.29, 0.717) is 5.69 Å². The number of nitrogens with zero attached hydrogens (tertiary/aromatic N) is 1. The molecule has 0 aromatic heterocycles. The van der Waals surface area contributed by atoms with Crippen LogP contribution >= 0.6 is 0 Å². The molecule has 1 saturated heterocycles. The zero-order valence-electron chi connectivity index (χ0n) is 16.6. The molecule has 2 rings (SSSR count). The average Bonchev–Trinajstić information content (AvgIpc) is 2.83. The van der Waals surface area contributed by atoms with Gasteiger partial charge < -0.3 is 14.0 Å². The fourth-order valence-corrected chi connectivity index (χ4v) is 2.35. The van der Waals surface area contributed by atoms with Crippen molar-refractivity contribution >= 4 is 24.5 Å². The van der Waals surface area contributed by atoms with Crippen molar-refractivity contribution in [2.45, 2.75) is 52.7 Å². The SMILES string of the molecule is CCOC(=O)/C(=N/Nc1ccccc1)C(C)=C(F)B1OC(C)(C)C(C)(C)O1. The molecule has 1 aromatic carbocycles. The minimum atomic E-state index is -1.22. The van der Waals surface area contributed by atoms with Crippen molar-refractivity contribution in [2.75, 3.05) is 12.0 Å². The van der Waals surface area contributed by atoms with Gasteiger partial charge >= 0.3 is 13.1 Å². The van der Waals surface area contributed by atoms with Crippen LogP contribution in [0.5, 0.6) is 0 Å². The molecule has 6 nitrogen and oxygen atoms in total. The number of halogens is 1. The van der Waals surface area contributed by atoms with Gasteiger partial charge in [0.05, 0.1) is 23.5 Å². The van der Waals surface area contributed by atoms with Crippen LogP contribution in [0.3, 0.4) is 0 Å². The quantitative estimate of drug-likeness (QED) is 0.353. The number of hydrogen-bond acceptors (Lipinski definition) is 6. The molecule has 0 unspecified atom stereocenters. The molecule has 1 aliphatic heterocycles. The Morgan fingerprint density at radius 2 is 1.74 bits per heavy atom. The smallest absolute Gasteiger partial charge is 0.461 e. The summed E-state index contributed by atoms with van der Waals surface area (Å²) in [4.78, 5) is 12.3. The molecule has 0 spiro atoms. The molecular weight excluding hydrogens is 350 g/mol. The first kappa shape index (κ1) is 21.1. The van der Waals surface area contributed by atoms with Gasteiger partial charge in [0.1, 0.15) is 5.73 Å². The number of carbonyl (C=O) groups is 1. The number of esters is 1. The molecule has 0 radical (unpaired) electrons. The Morgan fingerprint density at radius 3 is 2.26 bits per heavy atom. The standard InChI is InChI=1S/C19H26BFN2O4/c1-7-25-17(24)15(23-22-14-11-9-8-10-12-14)13(2)16(21)20-26-18(3,4)19(5,6)27-20/h8-12,22H,7H2,1-6H3/b16-13?,23-15+. The summed E-state index contributed by atoms with van der Waals surface area (Å²) in [6.07, 6.45) is 0. The zero-order valence-corrected chi connectivity index (χ0v) is 16.6. The van der Waals surface area contributed by atoms with Gasteiger partial charge in [0.25, 0.3) is 0 Å². The number of ether oxygens (including phenoxy) is 1. The first-order valence-electron chi connectivity index (χ1n) is 8.87. The third-order valence-corrected chi connectivity index (χ3v) is 4.71. The fourth-order valence-electron chi connectivity index (χ4n) is 2.35. The largest absolute Gasteiger partial charge is 0.525 e. The number of hydrogen-bond donors (Lipinski definition) is 1. The molecular formula is C19H26BFN2O4. The van der Waals surface area contributed by atoms with Gasteiger partial charge in [-0.25, -0.2) is 9.18 Å². The van der Waals surface area contributed by atoms with E-state index in [1.807, 2.05) is 45.9 Å². The van der Waals surface area contributed by atoms with Crippen LogP contribution in [0, 0.1) is 0 Å². The minimum Gasteiger partial charge on any atom is -0.461 e. The van der Waals surface area contributed by atoms with E-state index < -0.39 is 30.0 Å². The third kappa shape index (κ3) is 4.76. The third-order valence-electron chi connectivity index (χ3n) is 4.71. The monoisotopic (exact) mass is 376 g/mol. The van der Waals surface area contributed by atoms with Crippen LogP contribution < -0.4 is 5.43 Å². The van der Waals surface area contributed by atoms with Gasteiger partial charge in [-0.05, 0) is 53.7 Å². The maximum Gasteiger partial charge on any atom is 0.525 e. The van der Waals surface area contributed by atoms with E-state index in [1.165, 1.54) is 6.92 Å². The summed E-state index contributed by atoms with van der Waals surface area (Å²) in [6.45, 7) is 10.6. The number of anilines is 1. The van der Waals surface area contributed by atoms with Crippen molar-refractivity contribution < 1.29 is 23.2 Å². The predicted octanol–water partition coefficient (Wildman–Crippen LogP) is 3.89. The van der Waals surface area contributed by atoms with E-state index in [0.717, 1.165) is 0 Å². The van der Waals surface area contributed by atoms with E-state index in [2.05, 4.69) is 10.5 Å². The van der Waals surface area contributed by atoms with E-state index in [9.17, 15) is 4.79 Å². The normalized spacial score (nSPS) is 19.5. The summed E-state index contributed by atoms with van der Waals surface area (Å²) in [5.74, 6) is -0.731. The van der Waals surface area contributed by atoms with Crippen LogP contribution in [0.2, 0.25) is 0 Å². The van der Waals surface area contributed by atoms with Gasteiger partial charge in [-0.15, -0.1) is 0 Å². The van der Waals surface area contributed by atoms with Crippen molar-refractivity contribution in [3.05, 3.63) is 41.6 Å². The molecule has 27 heavy (non-hydrogen) atoms. The van der Waals surface area contributed by atoms with Crippen LogP contribution in [0.25, 0.3) is 0 Å². The number of nitrogens with one attached hydrogen (secondary N) is 1. The van der Waals surface area contributed by atoms with Crippen molar-refractivity contribution in [3.63, 3.8) is 0 Å². The van der Waals surface area contributed by atoms with Crippen LogP contribution in [-0.2, 0) is 18.8 Å². The van der Waals surface area contributed by atoms with Crippen LogP contribution in [-0.4, -0.2) is 36.6 Å². The Hall–Kier alpha value is -2.19. The van der Waals surface area contributed by atoms with Gasteiger partial charge in [0, 0.05) is 5.57 Å². The molecule has 0 aliphatic carbocycles. The highest BCUT2D eigenvalue weighted by molar-refractivity contribution is 6.56. The van der Waals surface area contributed by atoms with Crippen molar-refractivity contribution in [1.82, 2.24) is 0 Å². The van der Waals surface area contributed by atoms with Crippen molar-refractivity contribution in [1.29, 1.82) is 0 Å². The first-order chi connectivity index (χ1) is 12.6. The zero-order chi connectivity index (χ0) is 20.2. The van der Waals surface area contributed by atoms with Gasteiger partial charge in [-0.1, -0.05) is 18.2 Å². The molecule has 1 aromatic rings. The maximum atomic E-state index is 15.1. The number of para-hydroxylation sites is 1. The molecule has 1 N–H and O–H groups in total. The molecule has 0 bridgehead atoms. The summed E-state index contributed by atoms with van der Waals surface area (Å²) >= 11 is 0. The average molecular weight is 376 g/mol. The Morgan fingerprint density at radius 1 is 1.19 bits per heavy atom. The van der Waals surface area contributed by atoms with Gasteiger partial charge in [0.15, 0.2) is 5.71 Å². The molecule has 146 valence electrons. The maximum absolute atomic E-state index is 15.1. The van der Waals surface area contributed by atoms with Crippen LogP contribution in [0.4, 0.5) is 10.1 Å². The molecule has 0 amide bonds. The number of benzene rings is 1. The van der Waals surface area contributed by atoms with Crippen molar-refractivity contribution in [3.8, 4) is 0 Å². The van der Waals surface area contributed by atoms with Gasteiger partial charge in [0.2, 0.25) is 0 Å². The second-order valence-corrected chi connectivity index (χ2v) is 7.22. The summed E-state index contributed by atoms with van der Waals surface area (Å²) in [5, 5.41) is 4.06. The van der Waals surface area contributed by atoms with Gasteiger partial charge in [-0.2, -0.15) is 5.10 Å². The second kappa shape index (κ2) is 8.23. The molecule has 1 fully saturated rings. The van der Waals surface area contributed by atoms with E-state index >= 15 is 4.39 Å². The van der Waals surface area contributed by atoms with Crippen molar-refractivity contribution in [2.24, 2.45) is 5.10 Å². The number of carbonyl (C=O) groups excluding carboxylic acids is 1. The lowest BCUT2D eigenvalue weighted by atomic mass is 9.84. The molecule has 0 saturated carbocycles. The predicted molar refractivity (Wildman–Crippen MR) is 104 cm³/mol. The summed E-state index contributed by atoms with van der Waals surface area (Å²) in [7, 11) is -1.22. The van der Waals surface area contributed by atoms with Crippen LogP contribution in [0.15, 0.2) is 46.7 Å². The van der Waals surface area contributed by atoms with E-state index in [1.54, 1.807) is 19.1 Å². The van der Waals surface area contributed by atoms with Gasteiger partial charge in [-0.3, -0.25) is 5.43 Å². The molecule has 1 aliphatic rings. The van der Waals surface area contributed by atoms with E-state index in [-0.39, 0.29) is 17.9 Å². The Labute approximate surface area is 159 Å². The fraction of sp³-hybridized carbons (Fsp3) is 0.474. The number of rotatable bonds is 6. The molecule has 0 atom stereocenters. The Balaban J connectivity index is 2.33. The molecule has 8 heteroatoms. The highest BCUT2D eigenvalue weighted by Crippen LogP contribution is 2.39. The Bertz CT molecular complexity index is 731. The van der Waals surface area contributed by atoms with E-state index in [4.69, 9.17) is 14.0 Å². The summed E-state index contributed by atoms with van der Waals surface area (Å²) in [5.41, 5.74) is 1.12. The highest BCUT2D eigenvalue weighted by atomic mass is 19.1. The highest BCUT2D eigenvalue weighted by Gasteiger charge is 2.53. The minimum absolute atomic E-state index is 0.00428. The lowest BCUT2D eigenvalue weighted by Crippen LogP contribution is -2.41. The lowest BCUT2D eigenvalue weighted by Gasteiger charge is -2.32. The Kier molecular flexibility index (Phi) is 6.44. The number of hydrazone groups is 1. The second-order valence-electron chi connectivity index (χ2n) is 7.22. The molecule has 1 heterocycles. The lowest BCUT2D eigenvalue weighted by molar-refractivity contribution is -0.134. The summed E-state index contributed by atoms with van der Waals surface area (Å²) < 4.78 is 31.5. The first-order valence-corrected chi connectivity index (χ1v) is 8.87. The summed E-state index contributed by atoms with van der Waals surface area (Å²) in [6, 6.07) is 9.03. The topological polar surface area (TPSA) is 69.2 Å². The van der Waals surface area contributed by atoms with Crippen LogP contribution in [0.1, 0.15) is 41.5 Å².